The molecule has 0 amide bonds. The highest BCUT2D eigenvalue weighted by Gasteiger charge is 2.14. The number of aromatic carboxylic acids is 1. The molecule has 7 nitrogen and oxygen atoms in total. The zero-order valence-electron chi connectivity index (χ0n) is 11.4. The highest BCUT2D eigenvalue weighted by molar-refractivity contribution is 9.10. The molecule has 2 aromatic heterocycles. The topological polar surface area (TPSA) is 106 Å². The fraction of sp³-hybridized carbons (Fsp3) is 0.154. The molecule has 0 aliphatic rings. The van der Waals surface area contributed by atoms with Crippen molar-refractivity contribution >= 4 is 31.7 Å². The largest absolute Gasteiger partial charge is 0.477 e. The minimum absolute atomic E-state index is 0.0271. The summed E-state index contributed by atoms with van der Waals surface area (Å²) in [5, 5.41) is 8.80. The van der Waals surface area contributed by atoms with Crippen LogP contribution in [-0.2, 0) is 9.84 Å². The summed E-state index contributed by atoms with van der Waals surface area (Å²) in [4.78, 5) is 18.5. The molecule has 0 aromatic carbocycles. The van der Waals surface area contributed by atoms with Crippen LogP contribution in [0.5, 0.6) is 11.5 Å². The van der Waals surface area contributed by atoms with Crippen molar-refractivity contribution < 1.29 is 23.1 Å². The number of ether oxygens (including phenoxy) is 1. The van der Waals surface area contributed by atoms with E-state index < -0.39 is 15.8 Å². The lowest BCUT2D eigenvalue weighted by molar-refractivity contribution is 0.0690. The second-order valence-corrected chi connectivity index (χ2v) is 7.10. The van der Waals surface area contributed by atoms with E-state index >= 15 is 0 Å². The number of hydrogen-bond donors (Lipinski definition) is 1. The van der Waals surface area contributed by atoms with Crippen LogP contribution in [-0.4, -0.2) is 35.2 Å². The van der Waals surface area contributed by atoms with Crippen molar-refractivity contribution in [3.05, 3.63) is 40.8 Å². The maximum absolute atomic E-state index is 11.6. The van der Waals surface area contributed by atoms with Gasteiger partial charge in [-0.25, -0.2) is 23.2 Å². The zero-order valence-corrected chi connectivity index (χ0v) is 13.8. The smallest absolute Gasteiger partial charge is 0.354 e. The van der Waals surface area contributed by atoms with Gasteiger partial charge in [0.25, 0.3) is 0 Å². The lowest BCUT2D eigenvalue weighted by atomic mass is 10.3. The van der Waals surface area contributed by atoms with Crippen molar-refractivity contribution in [3.63, 3.8) is 0 Å². The lowest BCUT2D eigenvalue weighted by Gasteiger charge is -2.08. The molecule has 9 heteroatoms. The molecule has 0 saturated carbocycles. The second-order valence-electron chi connectivity index (χ2n) is 4.13. The number of sulfone groups is 1. The number of rotatable bonds is 5. The summed E-state index contributed by atoms with van der Waals surface area (Å²) in [6.07, 6.45) is 1.28. The molecular formula is C13H11BrN2O5S. The van der Waals surface area contributed by atoms with Gasteiger partial charge in [0.2, 0.25) is 0 Å². The van der Waals surface area contributed by atoms with E-state index in [0.717, 1.165) is 0 Å². The van der Waals surface area contributed by atoms with Gasteiger partial charge in [-0.15, -0.1) is 0 Å². The molecule has 22 heavy (non-hydrogen) atoms. The Hall–Kier alpha value is -2.00. The molecule has 0 fully saturated rings. The van der Waals surface area contributed by atoms with Crippen LogP contribution in [0.4, 0.5) is 0 Å². The molecule has 0 unspecified atom stereocenters. The maximum Gasteiger partial charge on any atom is 0.354 e. The van der Waals surface area contributed by atoms with Crippen molar-refractivity contribution in [2.24, 2.45) is 0 Å². The van der Waals surface area contributed by atoms with E-state index in [1.165, 1.54) is 37.4 Å². The molecule has 0 spiro atoms. The molecule has 0 radical (unpaired) electrons. The molecule has 1 N–H and O–H groups in total. The average molecular weight is 387 g/mol. The normalized spacial score (nSPS) is 11.2. The van der Waals surface area contributed by atoms with Gasteiger partial charge in [-0.1, -0.05) is 6.92 Å². The monoisotopic (exact) mass is 386 g/mol. The minimum Gasteiger partial charge on any atom is -0.477 e. The van der Waals surface area contributed by atoms with Crippen LogP contribution in [0.1, 0.15) is 17.4 Å². The minimum atomic E-state index is -3.36. The average Bonchev–Trinajstić information content (AvgIpc) is 2.49. The fourth-order valence-electron chi connectivity index (χ4n) is 1.50. The molecule has 0 aliphatic heterocycles. The van der Waals surface area contributed by atoms with Gasteiger partial charge in [-0.05, 0) is 40.2 Å². The van der Waals surface area contributed by atoms with Crippen LogP contribution in [0.15, 0.2) is 40.1 Å². The summed E-state index contributed by atoms with van der Waals surface area (Å²) in [5.41, 5.74) is -0.123. The molecule has 2 aromatic rings. The predicted octanol–water partition coefficient (Wildman–Crippen LogP) is 2.52. The number of carbonyl (C=O) groups is 1. The lowest BCUT2D eigenvalue weighted by Crippen LogP contribution is -2.05. The van der Waals surface area contributed by atoms with E-state index in [2.05, 4.69) is 25.9 Å². The summed E-state index contributed by atoms with van der Waals surface area (Å²) in [6.45, 7) is 1.54. The Morgan fingerprint density at radius 2 is 2.05 bits per heavy atom. The SMILES string of the molecule is CCS(=O)(=O)c1ccc(Oc2ccc(C(=O)O)nc2Br)cn1. The van der Waals surface area contributed by atoms with Gasteiger partial charge in [0.1, 0.15) is 16.0 Å². The predicted molar refractivity (Wildman–Crippen MR) is 80.9 cm³/mol. The first-order valence-electron chi connectivity index (χ1n) is 6.10. The van der Waals surface area contributed by atoms with Crippen molar-refractivity contribution in [2.45, 2.75) is 11.9 Å². The Balaban J connectivity index is 2.23. The summed E-state index contributed by atoms with van der Waals surface area (Å²) >= 11 is 3.11. The molecule has 0 aliphatic carbocycles. The number of carboxylic acids is 1. The van der Waals surface area contributed by atoms with Gasteiger partial charge >= 0.3 is 5.97 Å². The van der Waals surface area contributed by atoms with Crippen LogP contribution in [0, 0.1) is 0 Å². The van der Waals surface area contributed by atoms with E-state index in [4.69, 9.17) is 9.84 Å². The highest BCUT2D eigenvalue weighted by Crippen LogP contribution is 2.28. The first kappa shape index (κ1) is 16.4. The van der Waals surface area contributed by atoms with Crippen molar-refractivity contribution in [1.82, 2.24) is 9.97 Å². The molecule has 0 atom stereocenters. The Bertz CT molecular complexity index is 806. The maximum atomic E-state index is 11.6. The summed E-state index contributed by atoms with van der Waals surface area (Å²) in [5.74, 6) is -0.589. The van der Waals surface area contributed by atoms with Gasteiger partial charge in [-0.2, -0.15) is 0 Å². The highest BCUT2D eigenvalue weighted by atomic mass is 79.9. The molecule has 116 valence electrons. The van der Waals surface area contributed by atoms with Crippen molar-refractivity contribution in [2.75, 3.05) is 5.75 Å². The van der Waals surface area contributed by atoms with Crippen LogP contribution in [0.25, 0.3) is 0 Å². The van der Waals surface area contributed by atoms with Crippen molar-refractivity contribution in [1.29, 1.82) is 0 Å². The Labute approximate surface area is 135 Å². The molecule has 0 saturated heterocycles. The summed E-state index contributed by atoms with van der Waals surface area (Å²) in [7, 11) is -3.36. The number of aromatic nitrogens is 2. The van der Waals surface area contributed by atoms with Gasteiger partial charge in [0, 0.05) is 0 Å². The number of carboxylic acid groups (broad SMARTS) is 1. The summed E-state index contributed by atoms with van der Waals surface area (Å²) in [6, 6.07) is 5.55. The first-order valence-corrected chi connectivity index (χ1v) is 8.54. The van der Waals surface area contributed by atoms with E-state index in [0.29, 0.717) is 5.75 Å². The second kappa shape index (κ2) is 6.41. The molecular weight excluding hydrogens is 376 g/mol. The van der Waals surface area contributed by atoms with Crippen LogP contribution in [0.3, 0.4) is 0 Å². The molecule has 0 bridgehead atoms. The van der Waals surface area contributed by atoms with E-state index in [-0.39, 0.29) is 26.8 Å². The van der Waals surface area contributed by atoms with Crippen LogP contribution < -0.4 is 4.74 Å². The van der Waals surface area contributed by atoms with Crippen molar-refractivity contribution in [3.8, 4) is 11.5 Å². The third-order valence-electron chi connectivity index (χ3n) is 2.67. The third-order valence-corrected chi connectivity index (χ3v) is 4.88. The Morgan fingerprint density at radius 1 is 1.32 bits per heavy atom. The van der Waals surface area contributed by atoms with Gasteiger partial charge in [0.15, 0.2) is 20.6 Å². The summed E-state index contributed by atoms with van der Waals surface area (Å²) < 4.78 is 29.0. The van der Waals surface area contributed by atoms with Crippen LogP contribution >= 0.6 is 15.9 Å². The van der Waals surface area contributed by atoms with Gasteiger partial charge in [-0.3, -0.25) is 0 Å². The van der Waals surface area contributed by atoms with E-state index in [1.54, 1.807) is 0 Å². The number of pyridine rings is 2. The van der Waals surface area contributed by atoms with Gasteiger partial charge in [0.05, 0.1) is 11.9 Å². The number of halogens is 1. The number of nitrogens with zero attached hydrogens (tertiary/aromatic N) is 2. The Morgan fingerprint density at radius 3 is 2.55 bits per heavy atom. The Kier molecular flexibility index (Phi) is 4.77. The van der Waals surface area contributed by atoms with Gasteiger partial charge < -0.3 is 9.84 Å². The molecule has 2 rings (SSSR count). The molecule has 2 heterocycles. The first-order chi connectivity index (χ1) is 10.3. The van der Waals surface area contributed by atoms with E-state index in [1.807, 2.05) is 0 Å². The fourth-order valence-corrected chi connectivity index (χ4v) is 2.69. The third kappa shape index (κ3) is 3.60. The number of hydrogen-bond acceptors (Lipinski definition) is 6. The standard InChI is InChI=1S/C13H11BrN2O5S/c1-2-22(19,20)11-6-3-8(7-15-11)21-10-5-4-9(13(17)18)16-12(10)14/h3-7H,2H2,1H3,(H,17,18). The van der Waals surface area contributed by atoms with Crippen LogP contribution in [0.2, 0.25) is 0 Å². The van der Waals surface area contributed by atoms with E-state index in [9.17, 15) is 13.2 Å². The quantitative estimate of drug-likeness (QED) is 0.786. The zero-order chi connectivity index (χ0) is 16.3.